The van der Waals surface area contributed by atoms with Crippen LogP contribution in [0, 0.1) is 0 Å². The lowest BCUT2D eigenvalue weighted by atomic mass is 10.1. The van der Waals surface area contributed by atoms with Crippen LogP contribution in [0.5, 0.6) is 5.75 Å². The van der Waals surface area contributed by atoms with Gasteiger partial charge in [0.2, 0.25) is 0 Å². The molecule has 5 nitrogen and oxygen atoms in total. The van der Waals surface area contributed by atoms with Crippen LogP contribution in [0.15, 0.2) is 36.7 Å². The van der Waals surface area contributed by atoms with Crippen LogP contribution in [0.2, 0.25) is 0 Å². The van der Waals surface area contributed by atoms with Crippen LogP contribution >= 0.6 is 0 Å². The third-order valence-corrected chi connectivity index (χ3v) is 3.99. The maximum absolute atomic E-state index is 5.44. The number of ether oxygens (including phenoxy) is 2. The third-order valence-electron chi connectivity index (χ3n) is 3.99. The number of benzene rings is 1. The second-order valence-electron chi connectivity index (χ2n) is 5.33. The predicted molar refractivity (Wildman–Crippen MR) is 80.8 cm³/mol. The van der Waals surface area contributed by atoms with Crippen LogP contribution in [0.1, 0.15) is 12.0 Å². The summed E-state index contributed by atoms with van der Waals surface area (Å²) in [6.07, 6.45) is 5.21. The Labute approximate surface area is 125 Å². The van der Waals surface area contributed by atoms with Crippen LogP contribution in [0.3, 0.4) is 0 Å². The van der Waals surface area contributed by atoms with Gasteiger partial charge in [-0.2, -0.15) is 5.10 Å². The minimum absolute atomic E-state index is 0.351. The zero-order valence-corrected chi connectivity index (χ0v) is 12.5. The number of nitrogens with zero attached hydrogens (tertiary/aromatic N) is 3. The fourth-order valence-electron chi connectivity index (χ4n) is 2.82. The van der Waals surface area contributed by atoms with Crippen molar-refractivity contribution in [3.8, 4) is 11.4 Å². The van der Waals surface area contributed by atoms with E-state index in [1.165, 1.54) is 5.56 Å². The maximum atomic E-state index is 5.44. The van der Waals surface area contributed by atoms with Crippen molar-refractivity contribution in [1.82, 2.24) is 14.7 Å². The monoisotopic (exact) mass is 287 g/mol. The minimum Gasteiger partial charge on any atom is -0.497 e. The molecule has 0 spiro atoms. The van der Waals surface area contributed by atoms with E-state index < -0.39 is 0 Å². The Morgan fingerprint density at radius 3 is 2.90 bits per heavy atom. The Morgan fingerprint density at radius 1 is 1.33 bits per heavy atom. The topological polar surface area (TPSA) is 39.5 Å². The number of hydrogen-bond donors (Lipinski definition) is 0. The maximum Gasteiger partial charge on any atom is 0.119 e. The molecule has 2 heterocycles. The van der Waals surface area contributed by atoms with Gasteiger partial charge >= 0.3 is 0 Å². The van der Waals surface area contributed by atoms with E-state index in [1.54, 1.807) is 20.4 Å². The van der Waals surface area contributed by atoms with Gasteiger partial charge in [-0.25, -0.2) is 4.68 Å². The van der Waals surface area contributed by atoms with E-state index in [0.717, 1.165) is 37.5 Å². The van der Waals surface area contributed by atoms with Gasteiger partial charge < -0.3 is 9.47 Å². The summed E-state index contributed by atoms with van der Waals surface area (Å²) >= 11 is 0. The van der Waals surface area contributed by atoms with E-state index in [-0.39, 0.29) is 0 Å². The Morgan fingerprint density at radius 2 is 2.24 bits per heavy atom. The Bertz CT molecular complexity index is 583. The van der Waals surface area contributed by atoms with E-state index in [4.69, 9.17) is 9.47 Å². The van der Waals surface area contributed by atoms with Gasteiger partial charge in [0.25, 0.3) is 0 Å². The van der Waals surface area contributed by atoms with Crippen molar-refractivity contribution >= 4 is 0 Å². The molecule has 0 amide bonds. The number of likely N-dealkylation sites (tertiary alicyclic amines) is 1. The first-order valence-corrected chi connectivity index (χ1v) is 7.22. The van der Waals surface area contributed by atoms with Crippen molar-refractivity contribution in [3.63, 3.8) is 0 Å². The SMILES string of the molecule is COc1ccc(-n2cccn2)c(CN2CC[C@H](OC)C2)c1. The molecule has 5 heteroatoms. The summed E-state index contributed by atoms with van der Waals surface area (Å²) in [4.78, 5) is 2.41. The molecule has 3 rings (SSSR count). The van der Waals surface area contributed by atoms with E-state index in [2.05, 4.69) is 22.1 Å². The standard InChI is InChI=1S/C16H21N3O2/c1-20-14-4-5-16(19-8-3-7-17-19)13(10-14)11-18-9-6-15(12-18)21-2/h3-5,7-8,10,15H,6,9,11-12H2,1-2H3/t15-/m0/s1. The van der Waals surface area contributed by atoms with Crippen molar-refractivity contribution < 1.29 is 9.47 Å². The summed E-state index contributed by atoms with van der Waals surface area (Å²) in [5, 5.41) is 4.34. The van der Waals surface area contributed by atoms with Crippen LogP contribution in [-0.2, 0) is 11.3 Å². The van der Waals surface area contributed by atoms with Gasteiger partial charge in [-0.1, -0.05) is 0 Å². The molecule has 0 unspecified atom stereocenters. The molecule has 0 radical (unpaired) electrons. The fourth-order valence-corrected chi connectivity index (χ4v) is 2.82. The van der Waals surface area contributed by atoms with Gasteiger partial charge in [0.05, 0.1) is 18.9 Å². The lowest BCUT2D eigenvalue weighted by molar-refractivity contribution is 0.107. The van der Waals surface area contributed by atoms with Gasteiger partial charge in [-0.05, 0) is 36.2 Å². The number of aromatic nitrogens is 2. The summed E-state index contributed by atoms with van der Waals surface area (Å²) in [6.45, 7) is 2.92. The molecule has 1 fully saturated rings. The second-order valence-corrected chi connectivity index (χ2v) is 5.33. The predicted octanol–water partition coefficient (Wildman–Crippen LogP) is 2.10. The summed E-state index contributed by atoms with van der Waals surface area (Å²) in [5.74, 6) is 0.878. The molecule has 21 heavy (non-hydrogen) atoms. The molecule has 1 saturated heterocycles. The van der Waals surface area contributed by atoms with Crippen molar-refractivity contribution in [1.29, 1.82) is 0 Å². The molecule has 2 aromatic rings. The number of rotatable bonds is 5. The quantitative estimate of drug-likeness (QED) is 0.844. The minimum atomic E-state index is 0.351. The highest BCUT2D eigenvalue weighted by molar-refractivity contribution is 5.45. The fraction of sp³-hybridized carbons (Fsp3) is 0.438. The van der Waals surface area contributed by atoms with Crippen LogP contribution in [-0.4, -0.2) is 48.1 Å². The first-order valence-electron chi connectivity index (χ1n) is 7.22. The molecule has 0 saturated carbocycles. The first kappa shape index (κ1) is 14.1. The average Bonchev–Trinajstić information content (AvgIpc) is 3.18. The lowest BCUT2D eigenvalue weighted by Gasteiger charge is -2.19. The summed E-state index contributed by atoms with van der Waals surface area (Å²) in [7, 11) is 3.48. The van der Waals surface area contributed by atoms with Crippen molar-refractivity contribution in [2.45, 2.75) is 19.1 Å². The van der Waals surface area contributed by atoms with Crippen molar-refractivity contribution in [3.05, 3.63) is 42.2 Å². The average molecular weight is 287 g/mol. The molecular weight excluding hydrogens is 266 g/mol. The Hall–Kier alpha value is -1.85. The molecule has 112 valence electrons. The van der Waals surface area contributed by atoms with Crippen LogP contribution in [0.4, 0.5) is 0 Å². The molecule has 1 atom stereocenters. The molecule has 1 aliphatic heterocycles. The highest BCUT2D eigenvalue weighted by Crippen LogP contribution is 2.24. The lowest BCUT2D eigenvalue weighted by Crippen LogP contribution is -2.23. The molecule has 0 N–H and O–H groups in total. The summed E-state index contributed by atoms with van der Waals surface area (Å²) in [5.41, 5.74) is 2.32. The van der Waals surface area contributed by atoms with Crippen molar-refractivity contribution in [2.24, 2.45) is 0 Å². The molecular formula is C16H21N3O2. The third kappa shape index (κ3) is 3.09. The normalized spacial score (nSPS) is 19.0. The van der Waals surface area contributed by atoms with Gasteiger partial charge in [0, 0.05) is 39.1 Å². The van der Waals surface area contributed by atoms with E-state index in [9.17, 15) is 0 Å². The molecule has 0 aliphatic carbocycles. The molecule has 1 aromatic heterocycles. The number of hydrogen-bond acceptors (Lipinski definition) is 4. The molecule has 0 bridgehead atoms. The molecule has 1 aliphatic rings. The highest BCUT2D eigenvalue weighted by Gasteiger charge is 2.23. The second kappa shape index (κ2) is 6.28. The van der Waals surface area contributed by atoms with E-state index >= 15 is 0 Å². The Balaban J connectivity index is 1.85. The summed E-state index contributed by atoms with van der Waals surface area (Å²) < 4.78 is 12.7. The molecule has 1 aromatic carbocycles. The first-order chi connectivity index (χ1) is 10.3. The van der Waals surface area contributed by atoms with Crippen LogP contribution in [0.25, 0.3) is 5.69 Å². The van der Waals surface area contributed by atoms with Gasteiger partial charge in [-0.15, -0.1) is 0 Å². The smallest absolute Gasteiger partial charge is 0.119 e. The Kier molecular flexibility index (Phi) is 4.22. The van der Waals surface area contributed by atoms with Gasteiger partial charge in [-0.3, -0.25) is 4.90 Å². The van der Waals surface area contributed by atoms with Crippen molar-refractivity contribution in [2.75, 3.05) is 27.3 Å². The van der Waals surface area contributed by atoms with E-state index in [0.29, 0.717) is 6.10 Å². The van der Waals surface area contributed by atoms with Crippen LogP contribution < -0.4 is 4.74 Å². The van der Waals surface area contributed by atoms with Gasteiger partial charge in [0.15, 0.2) is 0 Å². The number of methoxy groups -OCH3 is 2. The van der Waals surface area contributed by atoms with E-state index in [1.807, 2.05) is 23.0 Å². The highest BCUT2D eigenvalue weighted by atomic mass is 16.5. The zero-order valence-electron chi connectivity index (χ0n) is 12.5. The van der Waals surface area contributed by atoms with Gasteiger partial charge in [0.1, 0.15) is 5.75 Å². The zero-order chi connectivity index (χ0) is 14.7. The largest absolute Gasteiger partial charge is 0.497 e. The summed E-state index contributed by atoms with van der Waals surface area (Å²) in [6, 6.07) is 8.06.